The molecule has 0 atom stereocenters. The van der Waals surface area contributed by atoms with Gasteiger partial charge < -0.3 is 0 Å². The maximum absolute atomic E-state index is 3.80. The van der Waals surface area contributed by atoms with Crippen molar-refractivity contribution in [1.82, 2.24) is 0 Å². The fourth-order valence-electron chi connectivity index (χ4n) is 3.48. The second-order valence-electron chi connectivity index (χ2n) is 7.60. The number of rotatable bonds is 12. The van der Waals surface area contributed by atoms with Gasteiger partial charge in [0.1, 0.15) is 0 Å². The zero-order chi connectivity index (χ0) is 20.6. The quantitative estimate of drug-likeness (QED) is 0.189. The molecular formula is C24H30Br2S3. The van der Waals surface area contributed by atoms with Crippen molar-refractivity contribution in [2.45, 2.75) is 78.1 Å². The molecule has 3 rings (SSSR count). The van der Waals surface area contributed by atoms with Crippen LogP contribution in [0.15, 0.2) is 31.8 Å². The third kappa shape index (κ3) is 6.77. The van der Waals surface area contributed by atoms with Gasteiger partial charge in [-0.25, -0.2) is 0 Å². The van der Waals surface area contributed by atoms with Crippen molar-refractivity contribution in [1.29, 1.82) is 0 Å². The first-order valence-corrected chi connectivity index (χ1v) is 14.8. The number of unbranched alkanes of at least 4 members (excludes halogenated alkanes) is 6. The Kier molecular flexibility index (Phi) is 9.97. The van der Waals surface area contributed by atoms with Gasteiger partial charge in [-0.15, -0.1) is 34.0 Å². The molecule has 0 spiro atoms. The highest BCUT2D eigenvalue weighted by Crippen LogP contribution is 2.44. The predicted molar refractivity (Wildman–Crippen MR) is 142 cm³/mol. The van der Waals surface area contributed by atoms with Crippen molar-refractivity contribution in [3.63, 3.8) is 0 Å². The minimum Gasteiger partial charge on any atom is -0.134 e. The minimum absolute atomic E-state index is 1.19. The number of halogens is 2. The van der Waals surface area contributed by atoms with Gasteiger partial charge in [0.25, 0.3) is 0 Å². The molecule has 0 fully saturated rings. The van der Waals surface area contributed by atoms with Crippen LogP contribution >= 0.6 is 65.9 Å². The molecule has 0 aliphatic heterocycles. The van der Waals surface area contributed by atoms with Gasteiger partial charge in [-0.3, -0.25) is 0 Å². The fourth-order valence-corrected chi connectivity index (χ4v) is 8.19. The summed E-state index contributed by atoms with van der Waals surface area (Å²) in [4.78, 5) is 5.57. The fraction of sp³-hybridized carbons (Fsp3) is 0.500. The molecule has 0 radical (unpaired) electrons. The van der Waals surface area contributed by atoms with Crippen LogP contribution in [0.2, 0.25) is 0 Å². The van der Waals surface area contributed by atoms with E-state index < -0.39 is 0 Å². The molecule has 3 heterocycles. The Hall–Kier alpha value is 0.0600. The first-order chi connectivity index (χ1) is 14.1. The molecule has 0 aromatic carbocycles. The average Bonchev–Trinajstić information content (AvgIpc) is 3.42. The Morgan fingerprint density at radius 1 is 0.586 bits per heavy atom. The summed E-state index contributed by atoms with van der Waals surface area (Å²) < 4.78 is 2.62. The van der Waals surface area contributed by atoms with E-state index in [1.54, 1.807) is 0 Å². The summed E-state index contributed by atoms with van der Waals surface area (Å²) in [5.74, 6) is 0. The van der Waals surface area contributed by atoms with Crippen LogP contribution in [-0.2, 0) is 12.8 Å². The summed E-state index contributed by atoms with van der Waals surface area (Å²) in [5, 5.41) is 0. The molecule has 0 unspecified atom stereocenters. The molecular weight excluding hydrogens is 544 g/mol. The van der Waals surface area contributed by atoms with Gasteiger partial charge in [0.05, 0.1) is 7.57 Å². The maximum Gasteiger partial charge on any atom is 0.0737 e. The second kappa shape index (κ2) is 12.2. The number of thiophene rings is 3. The third-order valence-electron chi connectivity index (χ3n) is 5.21. The lowest BCUT2D eigenvalue weighted by atomic mass is 10.1. The molecule has 0 saturated carbocycles. The van der Waals surface area contributed by atoms with Gasteiger partial charge in [0.2, 0.25) is 0 Å². The van der Waals surface area contributed by atoms with Crippen LogP contribution in [0, 0.1) is 0 Å². The van der Waals surface area contributed by atoms with Crippen molar-refractivity contribution in [3.8, 4) is 19.5 Å². The highest BCUT2D eigenvalue weighted by molar-refractivity contribution is 9.11. The van der Waals surface area contributed by atoms with Crippen molar-refractivity contribution in [2.75, 3.05) is 0 Å². The number of hydrogen-bond donors (Lipinski definition) is 0. The highest BCUT2D eigenvalue weighted by atomic mass is 79.9. The maximum atomic E-state index is 3.80. The van der Waals surface area contributed by atoms with Crippen LogP contribution < -0.4 is 0 Å². The van der Waals surface area contributed by atoms with E-state index >= 15 is 0 Å². The number of hydrogen-bond acceptors (Lipinski definition) is 3. The normalized spacial score (nSPS) is 11.4. The SMILES string of the molecule is CCCCCCc1cc(-c2ccc(-c3cc(CCCCCC)c(Br)s3)s2)sc1Br. The smallest absolute Gasteiger partial charge is 0.0737 e. The monoisotopic (exact) mass is 572 g/mol. The van der Waals surface area contributed by atoms with Gasteiger partial charge >= 0.3 is 0 Å². The van der Waals surface area contributed by atoms with Crippen LogP contribution in [0.5, 0.6) is 0 Å². The van der Waals surface area contributed by atoms with E-state index in [0.29, 0.717) is 0 Å². The van der Waals surface area contributed by atoms with E-state index in [4.69, 9.17) is 0 Å². The van der Waals surface area contributed by atoms with Crippen molar-refractivity contribution >= 4 is 65.9 Å². The van der Waals surface area contributed by atoms with Crippen molar-refractivity contribution < 1.29 is 0 Å². The summed E-state index contributed by atoms with van der Waals surface area (Å²) in [6.07, 6.45) is 12.9. The molecule has 158 valence electrons. The highest BCUT2D eigenvalue weighted by Gasteiger charge is 2.14. The standard InChI is InChI=1S/C24H30Br2S3/c1-3-5-7-9-11-17-15-21(28-23(17)25)19-13-14-20(27-19)22-16-18(24(26)29-22)12-10-8-6-4-2/h13-16H,3-12H2,1-2H3. The Bertz CT molecular complexity index is 817. The van der Waals surface area contributed by atoms with Crippen LogP contribution in [0.4, 0.5) is 0 Å². The summed E-state index contributed by atoms with van der Waals surface area (Å²) in [6.45, 7) is 4.54. The molecule has 0 amide bonds. The Morgan fingerprint density at radius 3 is 1.45 bits per heavy atom. The summed E-state index contributed by atoms with van der Waals surface area (Å²) in [5.41, 5.74) is 2.95. The molecule has 3 aromatic rings. The predicted octanol–water partition coefficient (Wildman–Crippen LogP) is 11.0. The Morgan fingerprint density at radius 2 is 1.03 bits per heavy atom. The van der Waals surface area contributed by atoms with E-state index in [1.165, 1.54) is 102 Å². The average molecular weight is 575 g/mol. The molecule has 0 N–H and O–H groups in total. The van der Waals surface area contributed by atoms with E-state index in [9.17, 15) is 0 Å². The third-order valence-corrected chi connectivity index (χ3v) is 10.6. The molecule has 0 bridgehead atoms. The van der Waals surface area contributed by atoms with Gasteiger partial charge in [0.15, 0.2) is 0 Å². The minimum atomic E-state index is 1.19. The van der Waals surface area contributed by atoms with Crippen molar-refractivity contribution in [2.24, 2.45) is 0 Å². The zero-order valence-electron chi connectivity index (χ0n) is 17.4. The molecule has 0 saturated heterocycles. The van der Waals surface area contributed by atoms with Crippen LogP contribution in [-0.4, -0.2) is 0 Å². The topological polar surface area (TPSA) is 0 Å². The largest absolute Gasteiger partial charge is 0.134 e. The molecule has 0 nitrogen and oxygen atoms in total. The summed E-state index contributed by atoms with van der Waals surface area (Å²) in [6, 6.07) is 9.40. The van der Waals surface area contributed by atoms with Gasteiger partial charge in [-0.2, -0.15) is 0 Å². The van der Waals surface area contributed by atoms with Gasteiger partial charge in [-0.1, -0.05) is 52.4 Å². The molecule has 0 aliphatic carbocycles. The lowest BCUT2D eigenvalue weighted by Crippen LogP contribution is -1.83. The summed E-state index contributed by atoms with van der Waals surface area (Å²) in [7, 11) is 0. The van der Waals surface area contributed by atoms with E-state index in [2.05, 4.69) is 70.0 Å². The van der Waals surface area contributed by atoms with E-state index in [-0.39, 0.29) is 0 Å². The molecule has 0 aliphatic rings. The lowest BCUT2D eigenvalue weighted by molar-refractivity contribution is 0.667. The van der Waals surface area contributed by atoms with Crippen LogP contribution in [0.25, 0.3) is 19.5 Å². The number of aryl methyl sites for hydroxylation is 2. The first-order valence-electron chi connectivity index (χ1n) is 10.8. The van der Waals surface area contributed by atoms with Gasteiger partial charge in [0, 0.05) is 19.5 Å². The Balaban J connectivity index is 1.66. The Labute approximate surface area is 205 Å². The van der Waals surface area contributed by atoms with Crippen LogP contribution in [0.3, 0.4) is 0 Å². The molecule has 5 heteroatoms. The molecule has 29 heavy (non-hydrogen) atoms. The zero-order valence-corrected chi connectivity index (χ0v) is 23.0. The lowest BCUT2D eigenvalue weighted by Gasteiger charge is -1.98. The second-order valence-corrected chi connectivity index (χ2v) is 13.4. The van der Waals surface area contributed by atoms with E-state index in [0.717, 1.165) is 0 Å². The molecule has 3 aromatic heterocycles. The van der Waals surface area contributed by atoms with Gasteiger partial charge in [-0.05, 0) is 92.9 Å². The summed E-state index contributed by atoms with van der Waals surface area (Å²) >= 11 is 13.3. The first kappa shape index (κ1) is 23.7. The van der Waals surface area contributed by atoms with Crippen molar-refractivity contribution in [3.05, 3.63) is 43.0 Å². The van der Waals surface area contributed by atoms with Crippen LogP contribution in [0.1, 0.15) is 76.3 Å². The van der Waals surface area contributed by atoms with E-state index in [1.807, 2.05) is 34.0 Å².